The molecule has 0 aliphatic carbocycles. The summed E-state index contributed by atoms with van der Waals surface area (Å²) < 4.78 is 5.38. The Labute approximate surface area is 214 Å². The van der Waals surface area contributed by atoms with Gasteiger partial charge in [-0.05, 0) is 43.7 Å². The standard InChI is InChI=1S/C26H23Cl2N3O4/c1-14-23(26(34)31(17(4)33)21-9-7-8-10-22(21)35-6)24(19-12-11-18(27)13-20(19)28)25(29-5)15(2)30(14)16(3)32/h7-13,24H,1-4,6H3. The minimum atomic E-state index is -0.933. The number of methoxy groups -OCH3 is 1. The van der Waals surface area contributed by atoms with Crippen molar-refractivity contribution in [3.8, 4) is 5.75 Å². The molecular formula is C26H23Cl2N3O4. The third kappa shape index (κ3) is 4.68. The summed E-state index contributed by atoms with van der Waals surface area (Å²) in [6.07, 6.45) is 0. The van der Waals surface area contributed by atoms with E-state index in [1.54, 1.807) is 50.2 Å². The lowest BCUT2D eigenvalue weighted by Crippen LogP contribution is -2.42. The molecule has 9 heteroatoms. The van der Waals surface area contributed by atoms with Crippen molar-refractivity contribution in [2.24, 2.45) is 0 Å². The molecule has 3 rings (SSSR count). The summed E-state index contributed by atoms with van der Waals surface area (Å²) in [6, 6.07) is 11.4. The third-order valence-electron chi connectivity index (χ3n) is 5.78. The van der Waals surface area contributed by atoms with Crippen molar-refractivity contribution in [2.75, 3.05) is 12.0 Å². The summed E-state index contributed by atoms with van der Waals surface area (Å²) in [7, 11) is 1.43. The first-order valence-corrected chi connectivity index (χ1v) is 11.3. The van der Waals surface area contributed by atoms with Crippen LogP contribution in [0.2, 0.25) is 10.0 Å². The molecule has 0 aromatic heterocycles. The highest BCUT2D eigenvalue weighted by Gasteiger charge is 2.41. The highest BCUT2D eigenvalue weighted by Crippen LogP contribution is 2.46. The van der Waals surface area contributed by atoms with Crippen molar-refractivity contribution in [3.63, 3.8) is 0 Å². The second-order valence-electron chi connectivity index (χ2n) is 7.87. The number of ether oxygens (including phenoxy) is 1. The summed E-state index contributed by atoms with van der Waals surface area (Å²) in [6.45, 7) is 13.7. The number of benzene rings is 2. The number of imide groups is 1. The molecule has 2 aromatic carbocycles. The number of hydrogen-bond acceptors (Lipinski definition) is 4. The molecule has 180 valence electrons. The van der Waals surface area contributed by atoms with Crippen LogP contribution in [0.1, 0.15) is 39.2 Å². The fourth-order valence-electron chi connectivity index (χ4n) is 4.33. The number of carbonyl (C=O) groups excluding carboxylic acids is 3. The Morgan fingerprint density at radius 1 is 1.06 bits per heavy atom. The smallest absolute Gasteiger partial charge is 0.262 e. The van der Waals surface area contributed by atoms with Gasteiger partial charge in [-0.1, -0.05) is 41.4 Å². The van der Waals surface area contributed by atoms with Crippen molar-refractivity contribution < 1.29 is 19.1 Å². The molecule has 1 heterocycles. The van der Waals surface area contributed by atoms with Gasteiger partial charge in [-0.15, -0.1) is 0 Å². The highest BCUT2D eigenvalue weighted by atomic mass is 35.5. The van der Waals surface area contributed by atoms with E-state index in [1.807, 2.05) is 0 Å². The number of amides is 3. The van der Waals surface area contributed by atoms with Crippen LogP contribution in [0.15, 0.2) is 65.1 Å². The monoisotopic (exact) mass is 511 g/mol. The Bertz CT molecular complexity index is 1340. The van der Waals surface area contributed by atoms with Crippen LogP contribution in [0.25, 0.3) is 4.85 Å². The van der Waals surface area contributed by atoms with Crippen LogP contribution in [-0.4, -0.2) is 29.7 Å². The van der Waals surface area contributed by atoms with Gasteiger partial charge in [0.25, 0.3) is 5.91 Å². The average Bonchev–Trinajstić information content (AvgIpc) is 2.78. The van der Waals surface area contributed by atoms with Crippen LogP contribution in [0.3, 0.4) is 0 Å². The molecule has 0 spiro atoms. The maximum absolute atomic E-state index is 14.2. The summed E-state index contributed by atoms with van der Waals surface area (Å²) in [5, 5.41) is 0.635. The number of nitrogens with zero attached hydrogens (tertiary/aromatic N) is 3. The van der Waals surface area contributed by atoms with E-state index < -0.39 is 17.7 Å². The van der Waals surface area contributed by atoms with Gasteiger partial charge in [0.2, 0.25) is 11.8 Å². The number of para-hydroxylation sites is 2. The van der Waals surface area contributed by atoms with Gasteiger partial charge in [-0.25, -0.2) is 9.74 Å². The number of rotatable bonds is 4. The lowest BCUT2D eigenvalue weighted by molar-refractivity contribution is -0.125. The van der Waals surface area contributed by atoms with E-state index in [4.69, 9.17) is 34.5 Å². The summed E-state index contributed by atoms with van der Waals surface area (Å²) in [5.41, 5.74) is 1.58. The molecule has 1 aliphatic rings. The molecule has 0 radical (unpaired) electrons. The summed E-state index contributed by atoms with van der Waals surface area (Å²) in [5.74, 6) is -2.26. The predicted octanol–water partition coefficient (Wildman–Crippen LogP) is 5.95. The second kappa shape index (κ2) is 10.3. The quantitative estimate of drug-likeness (QED) is 0.475. The van der Waals surface area contributed by atoms with E-state index in [9.17, 15) is 14.4 Å². The summed E-state index contributed by atoms with van der Waals surface area (Å²) in [4.78, 5) is 45.6. The van der Waals surface area contributed by atoms with Gasteiger partial charge in [-0.3, -0.25) is 19.3 Å². The van der Waals surface area contributed by atoms with E-state index in [1.165, 1.54) is 31.9 Å². The number of halogens is 2. The molecule has 0 saturated carbocycles. The predicted molar refractivity (Wildman–Crippen MR) is 135 cm³/mol. The van der Waals surface area contributed by atoms with Gasteiger partial charge in [0.1, 0.15) is 5.75 Å². The van der Waals surface area contributed by atoms with Crippen molar-refractivity contribution in [1.29, 1.82) is 0 Å². The first kappa shape index (κ1) is 26.0. The highest BCUT2D eigenvalue weighted by molar-refractivity contribution is 6.35. The van der Waals surface area contributed by atoms with Crippen LogP contribution in [0.5, 0.6) is 5.75 Å². The fraction of sp³-hybridized carbons (Fsp3) is 0.231. The van der Waals surface area contributed by atoms with Crippen molar-refractivity contribution in [1.82, 2.24) is 4.90 Å². The van der Waals surface area contributed by atoms with Gasteiger partial charge >= 0.3 is 0 Å². The SMILES string of the molecule is [C-]#[N+]C1=C(C)N(C(C)=O)C(C)=C(C(=O)N(C(C)=O)c2ccccc2OC)C1c1ccc(Cl)cc1Cl. The van der Waals surface area contributed by atoms with Crippen LogP contribution in [0.4, 0.5) is 5.69 Å². The van der Waals surface area contributed by atoms with Crippen LogP contribution in [0, 0.1) is 6.57 Å². The van der Waals surface area contributed by atoms with Gasteiger partial charge in [0, 0.05) is 40.9 Å². The zero-order valence-corrected chi connectivity index (χ0v) is 21.4. The Balaban J connectivity index is 2.36. The number of anilines is 1. The minimum Gasteiger partial charge on any atom is -0.495 e. The van der Waals surface area contributed by atoms with E-state index in [0.717, 1.165) is 4.90 Å². The molecule has 35 heavy (non-hydrogen) atoms. The third-order valence-corrected chi connectivity index (χ3v) is 6.34. The minimum absolute atomic E-state index is 0.0714. The molecule has 0 bridgehead atoms. The maximum atomic E-state index is 14.2. The second-order valence-corrected chi connectivity index (χ2v) is 8.71. The van der Waals surface area contributed by atoms with Crippen molar-refractivity contribution in [2.45, 2.75) is 33.6 Å². The molecule has 0 fully saturated rings. The van der Waals surface area contributed by atoms with Gasteiger partial charge in [0.15, 0.2) is 5.70 Å². The molecule has 0 saturated heterocycles. The van der Waals surface area contributed by atoms with Gasteiger partial charge in [0.05, 0.1) is 25.3 Å². The maximum Gasteiger partial charge on any atom is 0.262 e. The topological polar surface area (TPSA) is 71.3 Å². The first-order chi connectivity index (χ1) is 16.5. The lowest BCUT2D eigenvalue weighted by Gasteiger charge is -2.37. The number of allylic oxidation sites excluding steroid dienone is 3. The van der Waals surface area contributed by atoms with Crippen LogP contribution in [-0.2, 0) is 14.4 Å². The molecule has 7 nitrogen and oxygen atoms in total. The van der Waals surface area contributed by atoms with Crippen molar-refractivity contribution >= 4 is 46.6 Å². The van der Waals surface area contributed by atoms with E-state index in [2.05, 4.69) is 4.85 Å². The molecule has 3 amide bonds. The molecule has 1 unspecified atom stereocenters. The van der Waals surface area contributed by atoms with E-state index >= 15 is 0 Å². The molecule has 0 N–H and O–H groups in total. The Morgan fingerprint density at radius 2 is 1.71 bits per heavy atom. The van der Waals surface area contributed by atoms with Gasteiger partial charge < -0.3 is 4.74 Å². The Hall–Kier alpha value is -3.60. The summed E-state index contributed by atoms with van der Waals surface area (Å²) >= 11 is 12.6. The molecular weight excluding hydrogens is 489 g/mol. The van der Waals surface area contributed by atoms with Crippen LogP contribution < -0.4 is 9.64 Å². The molecule has 2 aromatic rings. The normalized spacial score (nSPS) is 15.6. The zero-order valence-electron chi connectivity index (χ0n) is 19.8. The average molecular weight is 512 g/mol. The largest absolute Gasteiger partial charge is 0.495 e. The van der Waals surface area contributed by atoms with Crippen LogP contribution >= 0.6 is 23.2 Å². The number of hydrogen-bond donors (Lipinski definition) is 0. The van der Waals surface area contributed by atoms with E-state index in [0.29, 0.717) is 27.7 Å². The molecule has 1 aliphatic heterocycles. The molecule has 1 atom stereocenters. The van der Waals surface area contributed by atoms with Crippen molar-refractivity contribution in [3.05, 3.63) is 92.2 Å². The fourth-order valence-corrected chi connectivity index (χ4v) is 4.85. The Kier molecular flexibility index (Phi) is 7.69. The number of carbonyl (C=O) groups is 3. The zero-order chi connectivity index (χ0) is 26.0. The Morgan fingerprint density at radius 3 is 2.26 bits per heavy atom. The van der Waals surface area contributed by atoms with E-state index in [-0.39, 0.29) is 27.9 Å². The first-order valence-electron chi connectivity index (χ1n) is 10.6. The van der Waals surface area contributed by atoms with Gasteiger partial charge in [-0.2, -0.15) is 0 Å². The lowest BCUT2D eigenvalue weighted by atomic mass is 9.82.